The van der Waals surface area contributed by atoms with Crippen molar-refractivity contribution < 1.29 is 9.53 Å². The van der Waals surface area contributed by atoms with Crippen LogP contribution in [0, 0.1) is 0 Å². The van der Waals surface area contributed by atoms with Crippen molar-refractivity contribution in [2.45, 2.75) is 6.54 Å². The molecule has 2 heterocycles. The van der Waals surface area contributed by atoms with Gasteiger partial charge < -0.3 is 4.74 Å². The first kappa shape index (κ1) is 12.2. The Morgan fingerprint density at radius 3 is 2.79 bits per heavy atom. The lowest BCUT2D eigenvalue weighted by molar-refractivity contribution is -0.121. The van der Waals surface area contributed by atoms with Crippen molar-refractivity contribution in [2.75, 3.05) is 11.5 Å². The molecular formula is C14H11BrN2O2. The minimum absolute atomic E-state index is 0.0587. The maximum absolute atomic E-state index is 12.0. The summed E-state index contributed by atoms with van der Waals surface area (Å²) in [6.45, 7) is 0.558. The third kappa shape index (κ3) is 2.46. The van der Waals surface area contributed by atoms with Crippen molar-refractivity contribution >= 4 is 27.7 Å². The second-order valence-corrected chi connectivity index (χ2v) is 5.02. The maximum Gasteiger partial charge on any atom is 0.266 e. The first-order chi connectivity index (χ1) is 9.24. The molecule has 4 nitrogen and oxygen atoms in total. The second-order valence-electron chi connectivity index (χ2n) is 4.21. The summed E-state index contributed by atoms with van der Waals surface area (Å²) in [5, 5.41) is 0. The molecule has 0 saturated carbocycles. The highest BCUT2D eigenvalue weighted by Crippen LogP contribution is 2.32. The molecule has 2 aromatic rings. The van der Waals surface area contributed by atoms with Gasteiger partial charge in [0.15, 0.2) is 18.2 Å². The molecule has 0 bridgehead atoms. The third-order valence-electron chi connectivity index (χ3n) is 2.90. The Morgan fingerprint density at radius 1 is 1.21 bits per heavy atom. The van der Waals surface area contributed by atoms with Crippen molar-refractivity contribution in [1.29, 1.82) is 0 Å². The van der Waals surface area contributed by atoms with Crippen LogP contribution < -0.4 is 9.64 Å². The fourth-order valence-corrected chi connectivity index (χ4v) is 2.28. The molecule has 0 radical (unpaired) electrons. The van der Waals surface area contributed by atoms with Gasteiger partial charge in [0.2, 0.25) is 0 Å². The average Bonchev–Trinajstić information content (AvgIpc) is 2.43. The topological polar surface area (TPSA) is 42.4 Å². The van der Waals surface area contributed by atoms with Crippen molar-refractivity contribution in [3.8, 4) is 5.75 Å². The fraction of sp³-hybridized carbons (Fsp3) is 0.143. The Morgan fingerprint density at radius 2 is 2.00 bits per heavy atom. The smallest absolute Gasteiger partial charge is 0.266 e. The molecule has 0 fully saturated rings. The first-order valence-electron chi connectivity index (χ1n) is 5.88. The monoisotopic (exact) mass is 318 g/mol. The molecule has 1 aromatic heterocycles. The van der Waals surface area contributed by atoms with E-state index in [9.17, 15) is 4.79 Å². The predicted octanol–water partition coefficient (Wildman–Crippen LogP) is 2.77. The molecule has 1 aromatic carbocycles. The highest BCUT2D eigenvalue weighted by atomic mass is 79.9. The van der Waals surface area contributed by atoms with E-state index in [-0.39, 0.29) is 12.5 Å². The Bertz CT molecular complexity index is 616. The summed E-state index contributed by atoms with van der Waals surface area (Å²) >= 11 is 3.32. The number of anilines is 1. The minimum Gasteiger partial charge on any atom is -0.480 e. The molecule has 1 amide bonds. The number of aromatic nitrogens is 1. The Kier molecular flexibility index (Phi) is 3.21. The Hall–Kier alpha value is -1.88. The highest BCUT2D eigenvalue weighted by Gasteiger charge is 2.27. The van der Waals surface area contributed by atoms with E-state index in [2.05, 4.69) is 20.9 Å². The van der Waals surface area contributed by atoms with Crippen LogP contribution in [0.15, 0.2) is 47.1 Å². The number of fused-ring (bicyclic) bond motifs is 1. The van der Waals surface area contributed by atoms with Crippen LogP contribution >= 0.6 is 15.9 Å². The molecule has 0 atom stereocenters. The van der Waals surface area contributed by atoms with Crippen LogP contribution in [-0.2, 0) is 11.3 Å². The van der Waals surface area contributed by atoms with Gasteiger partial charge in [-0.3, -0.25) is 9.69 Å². The molecule has 1 aliphatic rings. The number of halogens is 1. The molecule has 19 heavy (non-hydrogen) atoms. The summed E-state index contributed by atoms with van der Waals surface area (Å²) in [6, 6.07) is 13.4. The molecule has 0 N–H and O–H groups in total. The van der Waals surface area contributed by atoms with E-state index in [0.717, 1.165) is 5.56 Å². The van der Waals surface area contributed by atoms with Crippen LogP contribution in [0.2, 0.25) is 0 Å². The number of carbonyl (C=O) groups excluding carboxylic acids is 1. The lowest BCUT2D eigenvalue weighted by atomic mass is 10.2. The van der Waals surface area contributed by atoms with E-state index >= 15 is 0 Å². The fourth-order valence-electron chi connectivity index (χ4n) is 1.98. The van der Waals surface area contributed by atoms with E-state index in [1.165, 1.54) is 0 Å². The predicted molar refractivity (Wildman–Crippen MR) is 75.1 cm³/mol. The van der Waals surface area contributed by atoms with E-state index in [1.54, 1.807) is 11.0 Å². The number of amides is 1. The summed E-state index contributed by atoms with van der Waals surface area (Å²) in [7, 11) is 0. The van der Waals surface area contributed by atoms with Crippen LogP contribution in [-0.4, -0.2) is 17.5 Å². The number of hydrogen-bond donors (Lipinski definition) is 0. The van der Waals surface area contributed by atoms with Gasteiger partial charge in [-0.1, -0.05) is 30.3 Å². The number of pyridine rings is 1. The number of carbonyl (C=O) groups is 1. The van der Waals surface area contributed by atoms with Gasteiger partial charge in [0.1, 0.15) is 4.60 Å². The Labute approximate surface area is 119 Å². The number of hydrogen-bond acceptors (Lipinski definition) is 3. The van der Waals surface area contributed by atoms with E-state index in [1.807, 2.05) is 36.4 Å². The zero-order valence-electron chi connectivity index (χ0n) is 10.0. The van der Waals surface area contributed by atoms with Crippen molar-refractivity contribution in [1.82, 2.24) is 4.98 Å². The zero-order chi connectivity index (χ0) is 13.2. The van der Waals surface area contributed by atoms with Gasteiger partial charge in [-0.15, -0.1) is 0 Å². The highest BCUT2D eigenvalue weighted by molar-refractivity contribution is 9.10. The SMILES string of the molecule is O=C1COc2ccc(Br)nc2N1Cc1ccccc1. The number of rotatable bonds is 2. The quantitative estimate of drug-likeness (QED) is 0.800. The second kappa shape index (κ2) is 5.01. The molecular weight excluding hydrogens is 308 g/mol. The van der Waals surface area contributed by atoms with E-state index in [0.29, 0.717) is 22.7 Å². The minimum atomic E-state index is -0.0815. The molecule has 0 unspecified atom stereocenters. The van der Waals surface area contributed by atoms with Crippen molar-refractivity contribution in [3.63, 3.8) is 0 Å². The number of ether oxygens (including phenoxy) is 1. The van der Waals surface area contributed by atoms with Gasteiger partial charge in [-0.2, -0.15) is 0 Å². The van der Waals surface area contributed by atoms with E-state index < -0.39 is 0 Å². The molecule has 0 saturated heterocycles. The summed E-state index contributed by atoms with van der Waals surface area (Å²) in [5.41, 5.74) is 1.06. The third-order valence-corrected chi connectivity index (χ3v) is 3.34. The van der Waals surface area contributed by atoms with Crippen molar-refractivity contribution in [2.24, 2.45) is 0 Å². The van der Waals surface area contributed by atoms with Crippen LogP contribution in [0.1, 0.15) is 5.56 Å². The Balaban J connectivity index is 1.97. The summed E-state index contributed by atoms with van der Waals surface area (Å²) in [4.78, 5) is 18.0. The van der Waals surface area contributed by atoms with Crippen LogP contribution in [0.25, 0.3) is 0 Å². The van der Waals surface area contributed by atoms with E-state index in [4.69, 9.17) is 4.74 Å². The largest absolute Gasteiger partial charge is 0.480 e. The molecule has 5 heteroatoms. The molecule has 96 valence electrons. The zero-order valence-corrected chi connectivity index (χ0v) is 11.6. The van der Waals surface area contributed by atoms with Crippen LogP contribution in [0.3, 0.4) is 0 Å². The normalized spacial score (nSPS) is 13.9. The van der Waals surface area contributed by atoms with Gasteiger partial charge in [-0.25, -0.2) is 4.98 Å². The van der Waals surface area contributed by atoms with Gasteiger partial charge in [-0.05, 0) is 33.6 Å². The molecule has 1 aliphatic heterocycles. The van der Waals surface area contributed by atoms with Crippen molar-refractivity contribution in [3.05, 3.63) is 52.6 Å². The van der Waals surface area contributed by atoms with Gasteiger partial charge in [0, 0.05) is 0 Å². The lowest BCUT2D eigenvalue weighted by Gasteiger charge is -2.28. The van der Waals surface area contributed by atoms with Crippen LogP contribution in [0.4, 0.5) is 5.82 Å². The molecule has 0 spiro atoms. The lowest BCUT2D eigenvalue weighted by Crippen LogP contribution is -2.38. The maximum atomic E-state index is 12.0. The average molecular weight is 319 g/mol. The first-order valence-corrected chi connectivity index (χ1v) is 6.67. The molecule has 0 aliphatic carbocycles. The molecule has 3 rings (SSSR count). The summed E-state index contributed by atoms with van der Waals surface area (Å²) < 4.78 is 6.07. The van der Waals surface area contributed by atoms with Gasteiger partial charge in [0.05, 0.1) is 6.54 Å². The number of nitrogens with zero attached hydrogens (tertiary/aromatic N) is 2. The summed E-state index contributed by atoms with van der Waals surface area (Å²) in [5.74, 6) is 1.12. The number of benzene rings is 1. The van der Waals surface area contributed by atoms with Gasteiger partial charge >= 0.3 is 0 Å². The summed E-state index contributed by atoms with van der Waals surface area (Å²) in [6.07, 6.45) is 0. The standard InChI is InChI=1S/C14H11BrN2O2/c15-12-7-6-11-14(16-12)17(13(18)9-19-11)8-10-4-2-1-3-5-10/h1-7H,8-9H2. The van der Waals surface area contributed by atoms with Crippen LogP contribution in [0.5, 0.6) is 5.75 Å². The van der Waals surface area contributed by atoms with Gasteiger partial charge in [0.25, 0.3) is 5.91 Å².